The molecule has 0 saturated carbocycles. The molecule has 198 valence electrons. The van der Waals surface area contributed by atoms with E-state index in [1.54, 1.807) is 25.5 Å². The number of ether oxygens (including phenoxy) is 3. The summed E-state index contributed by atoms with van der Waals surface area (Å²) in [5.41, 5.74) is 3.62. The molecule has 0 fully saturated rings. The average molecular weight is 599 g/mol. The molecule has 4 rings (SSSR count). The van der Waals surface area contributed by atoms with Gasteiger partial charge < -0.3 is 14.2 Å². The van der Waals surface area contributed by atoms with E-state index in [1.807, 2.05) is 44.2 Å². The van der Waals surface area contributed by atoms with E-state index in [0.29, 0.717) is 49.9 Å². The molecule has 38 heavy (non-hydrogen) atoms. The van der Waals surface area contributed by atoms with Gasteiger partial charge in [-0.25, -0.2) is 4.98 Å². The van der Waals surface area contributed by atoms with Crippen LogP contribution in [-0.4, -0.2) is 36.7 Å². The van der Waals surface area contributed by atoms with Crippen molar-refractivity contribution >= 4 is 44.6 Å². The van der Waals surface area contributed by atoms with Crippen molar-refractivity contribution < 1.29 is 14.2 Å². The van der Waals surface area contributed by atoms with Gasteiger partial charge in [0, 0.05) is 15.6 Å². The van der Waals surface area contributed by atoms with Crippen molar-refractivity contribution in [3.63, 3.8) is 0 Å². The van der Waals surface area contributed by atoms with Crippen LogP contribution in [0.15, 0.2) is 56.8 Å². The molecule has 0 N–H and O–H groups in total. The summed E-state index contributed by atoms with van der Waals surface area (Å²) in [6.45, 7) is 8.45. The highest BCUT2D eigenvalue weighted by molar-refractivity contribution is 9.10. The minimum atomic E-state index is -0.288. The normalized spacial score (nSPS) is 11.5. The summed E-state index contributed by atoms with van der Waals surface area (Å²) in [5, 5.41) is 5.43. The Hall–Kier alpha value is -3.36. The number of aryl methyl sites for hydroxylation is 1. The van der Waals surface area contributed by atoms with Gasteiger partial charge in [0.1, 0.15) is 10.8 Å². The second-order valence-corrected chi connectivity index (χ2v) is 10.1. The first-order chi connectivity index (χ1) is 18.2. The van der Waals surface area contributed by atoms with Crippen molar-refractivity contribution in [2.24, 2.45) is 5.10 Å². The van der Waals surface area contributed by atoms with Crippen LogP contribution in [0.1, 0.15) is 43.4 Å². The molecule has 7 nitrogen and oxygen atoms in total. The summed E-state index contributed by atoms with van der Waals surface area (Å²) in [6.07, 6.45) is 1.56. The van der Waals surface area contributed by atoms with Crippen LogP contribution >= 0.6 is 27.5 Å². The van der Waals surface area contributed by atoms with Gasteiger partial charge in [0.25, 0.3) is 5.56 Å². The lowest BCUT2D eigenvalue weighted by molar-refractivity contribution is 0.311. The topological polar surface area (TPSA) is 74.9 Å². The molecule has 0 unspecified atom stereocenters. The van der Waals surface area contributed by atoms with E-state index >= 15 is 0 Å². The maximum Gasteiger partial charge on any atom is 0.282 e. The highest BCUT2D eigenvalue weighted by atomic mass is 79.9. The fourth-order valence-electron chi connectivity index (χ4n) is 4.24. The van der Waals surface area contributed by atoms with Gasteiger partial charge in [-0.2, -0.15) is 9.78 Å². The number of fused-ring (bicyclic) bond motifs is 1. The van der Waals surface area contributed by atoms with Gasteiger partial charge in [0.15, 0.2) is 17.3 Å². The molecule has 9 heteroatoms. The zero-order valence-electron chi connectivity index (χ0n) is 22.1. The summed E-state index contributed by atoms with van der Waals surface area (Å²) in [6, 6.07) is 13.0. The van der Waals surface area contributed by atoms with Gasteiger partial charge in [-0.1, -0.05) is 37.6 Å². The number of hydrogen-bond acceptors (Lipinski definition) is 6. The summed E-state index contributed by atoms with van der Waals surface area (Å²) >= 11 is 10.1. The highest BCUT2D eigenvalue weighted by Crippen LogP contribution is 2.42. The predicted molar refractivity (Wildman–Crippen MR) is 157 cm³/mol. The van der Waals surface area contributed by atoms with Crippen molar-refractivity contribution in [2.75, 3.05) is 20.8 Å². The standard InChI is InChI=1S/C29H29BrClN3O4/c1-7-38-24-13-18(25(30)26(31)27(24)37-6)15-32-34-28(33-22-11-9-8-10-19(22)29(34)35)21-14-20(16(2)3)23(36-5)12-17(21)4/h8-16H,7H2,1-6H3. The summed E-state index contributed by atoms with van der Waals surface area (Å²) in [4.78, 5) is 18.6. The first-order valence-corrected chi connectivity index (χ1v) is 13.3. The van der Waals surface area contributed by atoms with Gasteiger partial charge in [0.2, 0.25) is 0 Å². The number of benzene rings is 3. The Morgan fingerprint density at radius 3 is 2.53 bits per heavy atom. The van der Waals surface area contributed by atoms with Crippen molar-refractivity contribution in [3.05, 3.63) is 79.0 Å². The van der Waals surface area contributed by atoms with E-state index < -0.39 is 0 Å². The SMILES string of the molecule is CCOc1cc(C=Nn2c(-c3cc(C(C)C)c(OC)cc3C)nc3ccccc3c2=O)c(Br)c(Cl)c1OC. The number of para-hydroxylation sites is 1. The van der Waals surface area contributed by atoms with Crippen LogP contribution in [0.3, 0.4) is 0 Å². The minimum absolute atomic E-state index is 0.197. The molecular weight excluding hydrogens is 570 g/mol. The Bertz CT molecular complexity index is 1600. The first-order valence-electron chi connectivity index (χ1n) is 12.2. The maximum atomic E-state index is 13.7. The zero-order valence-corrected chi connectivity index (χ0v) is 24.5. The monoisotopic (exact) mass is 597 g/mol. The Morgan fingerprint density at radius 1 is 1.13 bits per heavy atom. The van der Waals surface area contributed by atoms with Gasteiger partial charge in [-0.05, 0) is 77.2 Å². The van der Waals surface area contributed by atoms with E-state index in [4.69, 9.17) is 30.8 Å². The van der Waals surface area contributed by atoms with E-state index in [1.165, 1.54) is 11.8 Å². The third-order valence-electron chi connectivity index (χ3n) is 6.17. The number of hydrogen-bond donors (Lipinski definition) is 0. The fraction of sp³-hybridized carbons (Fsp3) is 0.276. The van der Waals surface area contributed by atoms with Crippen molar-refractivity contribution in [1.82, 2.24) is 9.66 Å². The maximum absolute atomic E-state index is 13.7. The predicted octanol–water partition coefficient (Wildman–Crippen LogP) is 7.21. The number of halogens is 2. The smallest absolute Gasteiger partial charge is 0.282 e. The van der Waals surface area contributed by atoms with Crippen LogP contribution in [0.4, 0.5) is 0 Å². The molecule has 0 saturated heterocycles. The van der Waals surface area contributed by atoms with Crippen LogP contribution < -0.4 is 19.8 Å². The van der Waals surface area contributed by atoms with Crippen LogP contribution in [0, 0.1) is 6.92 Å². The molecule has 1 heterocycles. The molecule has 0 aliphatic carbocycles. The third-order valence-corrected chi connectivity index (χ3v) is 7.61. The highest BCUT2D eigenvalue weighted by Gasteiger charge is 2.20. The van der Waals surface area contributed by atoms with Crippen LogP contribution in [0.5, 0.6) is 17.2 Å². The quantitative estimate of drug-likeness (QED) is 0.200. The second kappa shape index (κ2) is 11.6. The molecule has 0 atom stereocenters. The van der Waals surface area contributed by atoms with Crippen molar-refractivity contribution in [1.29, 1.82) is 0 Å². The van der Waals surface area contributed by atoms with E-state index in [9.17, 15) is 4.79 Å². The van der Waals surface area contributed by atoms with E-state index in [-0.39, 0.29) is 11.5 Å². The molecule has 0 amide bonds. The summed E-state index contributed by atoms with van der Waals surface area (Å²) in [7, 11) is 3.18. The Morgan fingerprint density at radius 2 is 1.87 bits per heavy atom. The fourth-order valence-corrected chi connectivity index (χ4v) is 4.92. The number of rotatable bonds is 8. The van der Waals surface area contributed by atoms with Crippen LogP contribution in [0.2, 0.25) is 5.02 Å². The van der Waals surface area contributed by atoms with Gasteiger partial charge in [-0.15, -0.1) is 0 Å². The summed E-state index contributed by atoms with van der Waals surface area (Å²) < 4.78 is 18.7. The van der Waals surface area contributed by atoms with Gasteiger partial charge in [0.05, 0.1) is 37.9 Å². The molecule has 3 aromatic carbocycles. The molecule has 0 radical (unpaired) electrons. The zero-order chi connectivity index (χ0) is 27.6. The molecule has 4 aromatic rings. The van der Waals surface area contributed by atoms with Crippen LogP contribution in [0.25, 0.3) is 22.3 Å². The lowest BCUT2D eigenvalue weighted by Crippen LogP contribution is -2.21. The minimum Gasteiger partial charge on any atom is -0.496 e. The van der Waals surface area contributed by atoms with Crippen molar-refractivity contribution in [2.45, 2.75) is 33.6 Å². The summed E-state index contributed by atoms with van der Waals surface area (Å²) in [5.74, 6) is 2.30. The molecule has 0 spiro atoms. The third kappa shape index (κ3) is 5.15. The second-order valence-electron chi connectivity index (χ2n) is 8.94. The molecular formula is C29H29BrClN3O4. The molecule has 0 aliphatic rings. The molecule has 0 bridgehead atoms. The van der Waals surface area contributed by atoms with E-state index in [2.05, 4.69) is 34.9 Å². The Kier molecular flexibility index (Phi) is 8.43. The number of nitrogens with zero attached hydrogens (tertiary/aromatic N) is 3. The lowest BCUT2D eigenvalue weighted by atomic mass is 9.96. The molecule has 1 aromatic heterocycles. The Labute approximate surface area is 235 Å². The average Bonchev–Trinajstić information content (AvgIpc) is 2.90. The van der Waals surface area contributed by atoms with Crippen molar-refractivity contribution in [3.8, 4) is 28.6 Å². The first kappa shape index (κ1) is 27.7. The largest absolute Gasteiger partial charge is 0.496 e. The lowest BCUT2D eigenvalue weighted by Gasteiger charge is -2.17. The van der Waals surface area contributed by atoms with Gasteiger partial charge >= 0.3 is 0 Å². The van der Waals surface area contributed by atoms with Crippen LogP contribution in [-0.2, 0) is 0 Å². The van der Waals surface area contributed by atoms with Gasteiger partial charge in [-0.3, -0.25) is 4.79 Å². The Balaban J connectivity index is 1.99. The van der Waals surface area contributed by atoms with E-state index in [0.717, 1.165) is 22.4 Å². The number of aromatic nitrogens is 2. The number of methoxy groups -OCH3 is 2. The molecule has 0 aliphatic heterocycles.